The van der Waals surface area contributed by atoms with Crippen molar-refractivity contribution in [1.29, 1.82) is 0 Å². The minimum absolute atomic E-state index is 0.145. The Kier molecular flexibility index (Phi) is 15.9. The van der Waals surface area contributed by atoms with Gasteiger partial charge < -0.3 is 20.3 Å². The molecule has 0 radical (unpaired) electrons. The summed E-state index contributed by atoms with van der Waals surface area (Å²) < 4.78 is 5.53. The Balaban J connectivity index is 3.55. The zero-order valence-electron chi connectivity index (χ0n) is 26.8. The number of unbranched alkanes of at least 4 members (excludes halogenated alkanes) is 6. The maximum absolute atomic E-state index is 14.5. The van der Waals surface area contributed by atoms with Crippen molar-refractivity contribution in [1.82, 2.24) is 15.5 Å². The fraction of sp³-hybridized carbons (Fsp3) is 0.727. The van der Waals surface area contributed by atoms with E-state index in [0.717, 1.165) is 68.1 Å². The molecule has 0 aliphatic heterocycles. The Bertz CT molecular complexity index is 905. The van der Waals surface area contributed by atoms with E-state index < -0.39 is 23.8 Å². The van der Waals surface area contributed by atoms with Crippen molar-refractivity contribution in [3.63, 3.8) is 0 Å². The summed E-state index contributed by atoms with van der Waals surface area (Å²) in [6.45, 7) is 18.7. The molecule has 0 saturated carbocycles. The van der Waals surface area contributed by atoms with E-state index in [1.165, 1.54) is 0 Å². The first kappa shape index (κ1) is 35.5. The molecule has 7 nitrogen and oxygen atoms in total. The third kappa shape index (κ3) is 11.9. The van der Waals surface area contributed by atoms with Crippen LogP contribution < -0.4 is 10.6 Å². The summed E-state index contributed by atoms with van der Waals surface area (Å²) in [6.07, 6.45) is 8.17. The van der Waals surface area contributed by atoms with Crippen molar-refractivity contribution in [2.45, 2.75) is 138 Å². The number of alkyl carbamates (subject to hydrolysis) is 1. The first-order chi connectivity index (χ1) is 18.9. The number of rotatable bonds is 17. The van der Waals surface area contributed by atoms with Crippen LogP contribution in [0.25, 0.3) is 0 Å². The van der Waals surface area contributed by atoms with Crippen LogP contribution in [0.4, 0.5) is 4.79 Å². The number of benzene rings is 1. The zero-order chi connectivity index (χ0) is 30.3. The molecule has 0 bridgehead atoms. The third-order valence-corrected chi connectivity index (χ3v) is 7.39. The van der Waals surface area contributed by atoms with Gasteiger partial charge in [-0.1, -0.05) is 90.8 Å². The predicted molar refractivity (Wildman–Crippen MR) is 164 cm³/mol. The summed E-state index contributed by atoms with van der Waals surface area (Å²) >= 11 is 0. The average molecular weight is 560 g/mol. The summed E-state index contributed by atoms with van der Waals surface area (Å²) in [6, 6.07) is 4.38. The lowest BCUT2D eigenvalue weighted by Gasteiger charge is -2.37. The average Bonchev–Trinajstić information content (AvgIpc) is 2.88. The van der Waals surface area contributed by atoms with Crippen LogP contribution in [-0.4, -0.2) is 47.5 Å². The van der Waals surface area contributed by atoms with Crippen LogP contribution in [0.2, 0.25) is 0 Å². The van der Waals surface area contributed by atoms with E-state index in [1.54, 1.807) is 25.7 Å². The Hall–Kier alpha value is -2.57. The number of carbonyl (C=O) groups is 3. The number of ether oxygens (including phenoxy) is 1. The number of aryl methyl sites for hydroxylation is 2. The molecule has 40 heavy (non-hydrogen) atoms. The highest BCUT2D eigenvalue weighted by molar-refractivity contribution is 5.92. The van der Waals surface area contributed by atoms with Gasteiger partial charge >= 0.3 is 6.09 Å². The summed E-state index contributed by atoms with van der Waals surface area (Å²) in [7, 11) is 0. The number of nitrogens with zero attached hydrogens (tertiary/aromatic N) is 1. The second-order valence-corrected chi connectivity index (χ2v) is 12.2. The fourth-order valence-electron chi connectivity index (χ4n) is 4.92. The lowest BCUT2D eigenvalue weighted by atomic mass is 9.91. The molecular weight excluding hydrogens is 502 g/mol. The quantitative estimate of drug-likeness (QED) is 0.195. The number of hydrogen-bond donors (Lipinski definition) is 2. The Morgan fingerprint density at radius 1 is 0.900 bits per heavy atom. The Morgan fingerprint density at radius 2 is 1.48 bits per heavy atom. The van der Waals surface area contributed by atoms with E-state index >= 15 is 0 Å². The van der Waals surface area contributed by atoms with Crippen LogP contribution >= 0.6 is 0 Å². The fourth-order valence-corrected chi connectivity index (χ4v) is 4.92. The molecule has 0 spiro atoms. The zero-order valence-corrected chi connectivity index (χ0v) is 26.8. The van der Waals surface area contributed by atoms with Crippen molar-refractivity contribution in [2.24, 2.45) is 5.92 Å². The normalized spacial score (nSPS) is 13.7. The molecule has 3 unspecified atom stereocenters. The molecule has 1 rings (SSSR count). The van der Waals surface area contributed by atoms with Gasteiger partial charge in [-0.25, -0.2) is 4.79 Å². The van der Waals surface area contributed by atoms with Gasteiger partial charge in [0.2, 0.25) is 11.8 Å². The predicted octanol–water partition coefficient (Wildman–Crippen LogP) is 7.39. The van der Waals surface area contributed by atoms with Crippen LogP contribution in [0.1, 0.15) is 129 Å². The molecule has 1 aromatic carbocycles. The van der Waals surface area contributed by atoms with Gasteiger partial charge in [-0.05, 0) is 70.1 Å². The third-order valence-electron chi connectivity index (χ3n) is 7.39. The molecule has 3 atom stereocenters. The molecule has 2 N–H and O–H groups in total. The van der Waals surface area contributed by atoms with Crippen molar-refractivity contribution in [3.05, 3.63) is 34.9 Å². The van der Waals surface area contributed by atoms with Gasteiger partial charge in [0.15, 0.2) is 0 Å². The van der Waals surface area contributed by atoms with Crippen LogP contribution in [0.15, 0.2) is 18.2 Å². The number of nitrogens with one attached hydrogen (secondary N) is 2. The van der Waals surface area contributed by atoms with Gasteiger partial charge in [0, 0.05) is 13.1 Å². The highest BCUT2D eigenvalue weighted by Gasteiger charge is 2.38. The van der Waals surface area contributed by atoms with E-state index in [-0.39, 0.29) is 17.7 Å². The molecule has 228 valence electrons. The molecule has 0 aromatic heterocycles. The summed E-state index contributed by atoms with van der Waals surface area (Å²) in [4.78, 5) is 43.0. The maximum Gasteiger partial charge on any atom is 0.408 e. The van der Waals surface area contributed by atoms with Crippen LogP contribution in [-0.2, 0) is 14.3 Å². The lowest BCUT2D eigenvalue weighted by molar-refractivity contribution is -0.143. The van der Waals surface area contributed by atoms with E-state index in [0.29, 0.717) is 19.5 Å². The summed E-state index contributed by atoms with van der Waals surface area (Å²) in [5.74, 6) is -0.559. The number of carbonyl (C=O) groups excluding carboxylic acids is 3. The van der Waals surface area contributed by atoms with Crippen LogP contribution in [0.3, 0.4) is 0 Å². The van der Waals surface area contributed by atoms with Gasteiger partial charge in [0.05, 0.1) is 0 Å². The lowest BCUT2D eigenvalue weighted by Crippen LogP contribution is -2.55. The standard InChI is InChI=1S/C33H57N3O4/c1-10-13-15-16-18-23-36(31(38)28(24(4)12-3)35-32(39)40-33(7,8)9)29(30(37)34-22-17-14-11-2)27-25(5)20-19-21-26(27)6/h19-21,24,28-29H,10-18,22-23H2,1-9H3,(H,34,37)(H,35,39). The van der Waals surface area contributed by atoms with Gasteiger partial charge in [-0.3, -0.25) is 9.59 Å². The molecule has 7 heteroatoms. The minimum Gasteiger partial charge on any atom is -0.444 e. The van der Waals surface area contributed by atoms with E-state index in [1.807, 2.05) is 45.9 Å². The first-order valence-corrected chi connectivity index (χ1v) is 15.5. The summed E-state index contributed by atoms with van der Waals surface area (Å²) in [5, 5.41) is 5.99. The van der Waals surface area contributed by atoms with Gasteiger partial charge in [-0.2, -0.15) is 0 Å². The second kappa shape index (κ2) is 18.0. The second-order valence-electron chi connectivity index (χ2n) is 12.2. The first-order valence-electron chi connectivity index (χ1n) is 15.5. The number of amides is 3. The Morgan fingerprint density at radius 3 is 2.02 bits per heavy atom. The van der Waals surface area contributed by atoms with Crippen molar-refractivity contribution < 1.29 is 19.1 Å². The maximum atomic E-state index is 14.5. The molecule has 0 heterocycles. The molecule has 1 aromatic rings. The smallest absolute Gasteiger partial charge is 0.408 e. The SMILES string of the molecule is CCCCCCCN(C(=O)C(NC(=O)OC(C)(C)C)C(C)CC)C(C(=O)NCCCCC)c1c(C)cccc1C. The van der Waals surface area contributed by atoms with E-state index in [4.69, 9.17) is 4.74 Å². The molecule has 0 aliphatic rings. The molecule has 3 amide bonds. The largest absolute Gasteiger partial charge is 0.444 e. The monoisotopic (exact) mass is 559 g/mol. The van der Waals surface area contributed by atoms with Crippen molar-refractivity contribution >= 4 is 17.9 Å². The Labute approximate surface area is 244 Å². The van der Waals surface area contributed by atoms with Crippen LogP contribution in [0, 0.1) is 19.8 Å². The van der Waals surface area contributed by atoms with E-state index in [2.05, 4.69) is 24.5 Å². The van der Waals surface area contributed by atoms with Crippen molar-refractivity contribution in [2.75, 3.05) is 13.1 Å². The van der Waals surface area contributed by atoms with E-state index in [9.17, 15) is 14.4 Å². The van der Waals surface area contributed by atoms with Gasteiger partial charge in [0.25, 0.3) is 0 Å². The topological polar surface area (TPSA) is 87.7 Å². The van der Waals surface area contributed by atoms with Crippen LogP contribution in [0.5, 0.6) is 0 Å². The molecule has 0 fully saturated rings. The summed E-state index contributed by atoms with van der Waals surface area (Å²) in [5.41, 5.74) is 2.11. The van der Waals surface area contributed by atoms with Gasteiger partial charge in [-0.15, -0.1) is 0 Å². The highest BCUT2D eigenvalue weighted by Crippen LogP contribution is 2.30. The molecule has 0 saturated heterocycles. The van der Waals surface area contributed by atoms with Gasteiger partial charge in [0.1, 0.15) is 17.7 Å². The molecule has 0 aliphatic carbocycles. The van der Waals surface area contributed by atoms with Crippen molar-refractivity contribution in [3.8, 4) is 0 Å². The highest BCUT2D eigenvalue weighted by atomic mass is 16.6. The minimum atomic E-state index is -0.810. The number of hydrogen-bond acceptors (Lipinski definition) is 4. The molecular formula is C33H57N3O4.